The van der Waals surface area contributed by atoms with E-state index in [1.807, 2.05) is 6.07 Å². The van der Waals surface area contributed by atoms with Crippen molar-refractivity contribution in [1.82, 2.24) is 4.72 Å². The van der Waals surface area contributed by atoms with Crippen LogP contribution >= 0.6 is 0 Å². The smallest absolute Gasteiger partial charge is 0.244 e. The molecular weight excluding hydrogens is 279 g/mol. The summed E-state index contributed by atoms with van der Waals surface area (Å²) in [6.45, 7) is 1.97. The molecule has 0 bridgehead atoms. The molecule has 2 N–H and O–H groups in total. The number of benzene rings is 2. The van der Waals surface area contributed by atoms with Crippen molar-refractivity contribution in [2.24, 2.45) is 0 Å². The molecule has 0 aliphatic carbocycles. The van der Waals surface area contributed by atoms with Crippen LogP contribution in [0.5, 0.6) is 0 Å². The van der Waals surface area contributed by atoms with E-state index in [2.05, 4.69) is 10.0 Å². The van der Waals surface area contributed by atoms with Crippen molar-refractivity contribution in [1.29, 1.82) is 0 Å². The summed E-state index contributed by atoms with van der Waals surface area (Å²) in [7, 11) is -3.50. The molecule has 0 radical (unpaired) electrons. The predicted molar refractivity (Wildman–Crippen MR) is 75.4 cm³/mol. The fraction of sp³-hybridized carbons (Fsp3) is 0.143. The summed E-state index contributed by atoms with van der Waals surface area (Å²) in [5, 5.41) is 2.96. The van der Waals surface area contributed by atoms with E-state index in [4.69, 9.17) is 0 Å². The average Bonchev–Trinajstić information content (AvgIpc) is 2.37. The van der Waals surface area contributed by atoms with Gasteiger partial charge in [-0.05, 0) is 47.9 Å². The highest BCUT2D eigenvalue weighted by molar-refractivity contribution is 7.89. The van der Waals surface area contributed by atoms with E-state index in [1.54, 1.807) is 25.1 Å². The van der Waals surface area contributed by atoms with Gasteiger partial charge in [-0.15, -0.1) is 0 Å². The van der Waals surface area contributed by atoms with Gasteiger partial charge in [-0.2, -0.15) is 4.72 Å². The summed E-state index contributed by atoms with van der Waals surface area (Å²) in [5.41, 5.74) is 2.67. The fourth-order valence-corrected chi connectivity index (χ4v) is 3.41. The summed E-state index contributed by atoms with van der Waals surface area (Å²) in [6, 6.07) is 9.68. The van der Waals surface area contributed by atoms with Crippen molar-refractivity contribution < 1.29 is 12.8 Å². The molecule has 2 aromatic rings. The maximum Gasteiger partial charge on any atom is 0.244 e. The van der Waals surface area contributed by atoms with E-state index >= 15 is 0 Å². The number of sulfonamides is 1. The molecule has 0 amide bonds. The molecule has 0 aromatic heterocycles. The van der Waals surface area contributed by atoms with Gasteiger partial charge in [-0.3, -0.25) is 0 Å². The molecule has 0 fully saturated rings. The second-order valence-electron chi connectivity index (χ2n) is 4.73. The number of fused-ring (bicyclic) bond motifs is 1. The molecular formula is C14H13FN2O2S. The van der Waals surface area contributed by atoms with E-state index in [9.17, 15) is 12.8 Å². The Balaban J connectivity index is 2.17. The number of halogens is 1. The van der Waals surface area contributed by atoms with Gasteiger partial charge in [0.15, 0.2) is 0 Å². The normalized spacial score (nSPS) is 16.3. The average molecular weight is 292 g/mol. The van der Waals surface area contributed by atoms with Crippen LogP contribution in [0.4, 0.5) is 10.1 Å². The highest BCUT2D eigenvalue weighted by Crippen LogP contribution is 2.30. The van der Waals surface area contributed by atoms with E-state index in [0.29, 0.717) is 16.8 Å². The molecule has 6 heteroatoms. The van der Waals surface area contributed by atoms with Gasteiger partial charge in [0.2, 0.25) is 10.0 Å². The second-order valence-corrected chi connectivity index (χ2v) is 6.46. The van der Waals surface area contributed by atoms with Crippen molar-refractivity contribution in [2.45, 2.75) is 11.8 Å². The Morgan fingerprint density at radius 1 is 1.10 bits per heavy atom. The number of hydrogen-bond donors (Lipinski definition) is 2. The molecule has 20 heavy (non-hydrogen) atoms. The lowest BCUT2D eigenvalue weighted by Gasteiger charge is -2.20. The molecule has 0 atom stereocenters. The molecule has 0 saturated heterocycles. The maximum absolute atomic E-state index is 13.5. The lowest BCUT2D eigenvalue weighted by Crippen LogP contribution is -2.34. The van der Waals surface area contributed by atoms with Gasteiger partial charge in [0.25, 0.3) is 0 Å². The zero-order chi connectivity index (χ0) is 14.3. The van der Waals surface area contributed by atoms with Crippen molar-refractivity contribution in [3.63, 3.8) is 0 Å². The quantitative estimate of drug-likeness (QED) is 0.849. The van der Waals surface area contributed by atoms with E-state index < -0.39 is 10.0 Å². The standard InChI is InChI=1S/C14H13FN2O2S/c1-9-4-11(6-12(15)5-9)10-2-3-13-14(7-10)20(18,19)17-8-16-13/h2-7,16-17H,8H2,1H3. The Kier molecular flexibility index (Phi) is 2.99. The summed E-state index contributed by atoms with van der Waals surface area (Å²) in [6.07, 6.45) is 0. The first-order valence-corrected chi connectivity index (χ1v) is 7.59. The molecule has 0 unspecified atom stereocenters. The zero-order valence-corrected chi connectivity index (χ0v) is 11.6. The number of hydrogen-bond acceptors (Lipinski definition) is 3. The number of aryl methyl sites for hydroxylation is 1. The van der Waals surface area contributed by atoms with Gasteiger partial charge in [-0.25, -0.2) is 12.8 Å². The third-order valence-corrected chi connectivity index (χ3v) is 4.63. The lowest BCUT2D eigenvalue weighted by molar-refractivity contribution is 0.581. The van der Waals surface area contributed by atoms with Crippen LogP contribution in [0, 0.1) is 12.7 Å². The third kappa shape index (κ3) is 2.28. The minimum atomic E-state index is -3.50. The molecule has 104 valence electrons. The minimum absolute atomic E-state index is 0.174. The number of rotatable bonds is 1. The first-order valence-electron chi connectivity index (χ1n) is 6.11. The first-order chi connectivity index (χ1) is 9.45. The van der Waals surface area contributed by atoms with Crippen LogP contribution in [0.1, 0.15) is 5.56 Å². The van der Waals surface area contributed by atoms with Gasteiger partial charge in [0.05, 0.1) is 12.4 Å². The molecule has 1 aliphatic heterocycles. The van der Waals surface area contributed by atoms with Crippen LogP contribution in [0.25, 0.3) is 11.1 Å². The van der Waals surface area contributed by atoms with Crippen LogP contribution in [-0.2, 0) is 10.0 Å². The molecule has 1 heterocycles. The molecule has 4 nitrogen and oxygen atoms in total. The van der Waals surface area contributed by atoms with Crippen LogP contribution in [0.3, 0.4) is 0 Å². The Bertz CT molecular complexity index is 768. The van der Waals surface area contributed by atoms with Crippen molar-refractivity contribution in [3.05, 3.63) is 47.8 Å². The van der Waals surface area contributed by atoms with Crippen LogP contribution < -0.4 is 10.0 Å². The summed E-state index contributed by atoms with van der Waals surface area (Å²) >= 11 is 0. The van der Waals surface area contributed by atoms with E-state index in [0.717, 1.165) is 5.56 Å². The Hall–Kier alpha value is -1.92. The SMILES string of the molecule is Cc1cc(F)cc(-c2ccc3c(c2)S(=O)(=O)NCN3)c1. The largest absolute Gasteiger partial charge is 0.370 e. The summed E-state index contributed by atoms with van der Waals surface area (Å²) in [5.74, 6) is -0.336. The molecule has 3 rings (SSSR count). The van der Waals surface area contributed by atoms with Crippen molar-refractivity contribution in [2.75, 3.05) is 12.0 Å². The Morgan fingerprint density at radius 2 is 1.90 bits per heavy atom. The zero-order valence-electron chi connectivity index (χ0n) is 10.8. The van der Waals surface area contributed by atoms with Crippen molar-refractivity contribution >= 4 is 15.7 Å². The minimum Gasteiger partial charge on any atom is -0.370 e. The molecule has 1 aliphatic rings. The van der Waals surface area contributed by atoms with Crippen molar-refractivity contribution in [3.8, 4) is 11.1 Å². The van der Waals surface area contributed by atoms with Gasteiger partial charge in [0.1, 0.15) is 10.7 Å². The fourth-order valence-electron chi connectivity index (χ4n) is 2.28. The third-order valence-electron chi connectivity index (χ3n) is 3.19. The maximum atomic E-state index is 13.5. The van der Waals surface area contributed by atoms with Gasteiger partial charge in [0, 0.05) is 0 Å². The Morgan fingerprint density at radius 3 is 2.65 bits per heavy atom. The van der Waals surface area contributed by atoms with Crippen LogP contribution in [0.2, 0.25) is 0 Å². The van der Waals surface area contributed by atoms with E-state index in [-0.39, 0.29) is 17.4 Å². The van der Waals surface area contributed by atoms with Gasteiger partial charge < -0.3 is 5.32 Å². The topological polar surface area (TPSA) is 58.2 Å². The molecule has 2 aromatic carbocycles. The highest BCUT2D eigenvalue weighted by atomic mass is 32.2. The number of anilines is 1. The highest BCUT2D eigenvalue weighted by Gasteiger charge is 2.23. The monoisotopic (exact) mass is 292 g/mol. The molecule has 0 spiro atoms. The summed E-state index contributed by atoms with van der Waals surface area (Å²) in [4.78, 5) is 0.183. The van der Waals surface area contributed by atoms with E-state index in [1.165, 1.54) is 12.1 Å². The number of nitrogens with one attached hydrogen (secondary N) is 2. The second kappa shape index (κ2) is 4.57. The van der Waals surface area contributed by atoms with Gasteiger partial charge >= 0.3 is 0 Å². The molecule has 0 saturated carbocycles. The predicted octanol–water partition coefficient (Wildman–Crippen LogP) is 2.46. The van der Waals surface area contributed by atoms with Gasteiger partial charge in [-0.1, -0.05) is 12.1 Å². The first kappa shape index (κ1) is 13.1. The van der Waals surface area contributed by atoms with Crippen LogP contribution in [0.15, 0.2) is 41.3 Å². The lowest BCUT2D eigenvalue weighted by atomic mass is 10.0. The van der Waals surface area contributed by atoms with Crippen LogP contribution in [-0.4, -0.2) is 15.1 Å². The Labute approximate surface area is 116 Å². The summed E-state index contributed by atoms with van der Waals surface area (Å²) < 4.78 is 39.8.